The minimum atomic E-state index is -0.940. The van der Waals surface area contributed by atoms with Crippen molar-refractivity contribution >= 4 is 33.7 Å². The van der Waals surface area contributed by atoms with Crippen LogP contribution in [0.2, 0.25) is 0 Å². The van der Waals surface area contributed by atoms with Crippen LogP contribution in [0.1, 0.15) is 12.5 Å². The number of carboxylic acids is 1. The molecule has 0 aliphatic rings. The second-order valence-corrected chi connectivity index (χ2v) is 4.30. The normalized spacial score (nSPS) is 10.7. The number of anilines is 1. The van der Waals surface area contributed by atoms with Crippen LogP contribution < -0.4 is 4.90 Å². The monoisotopic (exact) mass is 283 g/mol. The third-order valence-electron chi connectivity index (χ3n) is 2.28. The zero-order valence-electron chi connectivity index (χ0n) is 9.27. The third kappa shape index (κ3) is 3.38. The number of benzene rings is 1. The van der Waals surface area contributed by atoms with E-state index in [-0.39, 0.29) is 0 Å². The number of rotatable bonds is 4. The summed E-state index contributed by atoms with van der Waals surface area (Å²) in [5.74, 6) is -0.940. The standard InChI is InChI=1S/C12H14BrNO2/c1-3-14(2)11-6-5-10(13)8-9(11)4-7-12(15)16/h4-8H,3H2,1-2H3,(H,15,16)/b7-4+. The Kier molecular flexibility index (Phi) is 4.55. The predicted molar refractivity (Wildman–Crippen MR) is 69.8 cm³/mol. The topological polar surface area (TPSA) is 40.5 Å². The Hall–Kier alpha value is -1.29. The molecule has 0 saturated heterocycles. The summed E-state index contributed by atoms with van der Waals surface area (Å²) < 4.78 is 0.936. The van der Waals surface area contributed by atoms with Crippen molar-refractivity contribution in [2.24, 2.45) is 0 Å². The van der Waals surface area contributed by atoms with Gasteiger partial charge in [0.15, 0.2) is 0 Å². The lowest BCUT2D eigenvalue weighted by Crippen LogP contribution is -2.16. The van der Waals surface area contributed by atoms with Crippen molar-refractivity contribution < 1.29 is 9.90 Å². The smallest absolute Gasteiger partial charge is 0.328 e. The highest BCUT2D eigenvalue weighted by Crippen LogP contribution is 2.24. The average Bonchev–Trinajstić information content (AvgIpc) is 2.25. The number of halogens is 1. The van der Waals surface area contributed by atoms with Gasteiger partial charge in [0.05, 0.1) is 0 Å². The summed E-state index contributed by atoms with van der Waals surface area (Å²) in [5, 5.41) is 8.62. The molecule has 0 saturated carbocycles. The lowest BCUT2D eigenvalue weighted by molar-refractivity contribution is -0.131. The molecule has 0 aliphatic heterocycles. The largest absolute Gasteiger partial charge is 0.478 e. The molecule has 0 unspecified atom stereocenters. The molecule has 0 bridgehead atoms. The first-order chi connectivity index (χ1) is 7.54. The van der Waals surface area contributed by atoms with Gasteiger partial charge in [-0.05, 0) is 36.8 Å². The first kappa shape index (κ1) is 12.8. The van der Waals surface area contributed by atoms with Crippen molar-refractivity contribution in [1.82, 2.24) is 0 Å². The Morgan fingerprint density at radius 1 is 1.56 bits per heavy atom. The van der Waals surface area contributed by atoms with E-state index in [1.807, 2.05) is 32.2 Å². The van der Waals surface area contributed by atoms with Crippen LogP contribution in [0.4, 0.5) is 5.69 Å². The molecule has 1 rings (SSSR count). The number of aliphatic carboxylic acids is 1. The van der Waals surface area contributed by atoms with E-state index in [1.165, 1.54) is 0 Å². The van der Waals surface area contributed by atoms with Gasteiger partial charge in [-0.15, -0.1) is 0 Å². The molecule has 0 aliphatic carbocycles. The van der Waals surface area contributed by atoms with Gasteiger partial charge in [-0.1, -0.05) is 15.9 Å². The van der Waals surface area contributed by atoms with E-state index in [1.54, 1.807) is 6.08 Å². The van der Waals surface area contributed by atoms with Crippen LogP contribution in [-0.2, 0) is 4.79 Å². The van der Waals surface area contributed by atoms with E-state index >= 15 is 0 Å². The molecular weight excluding hydrogens is 270 g/mol. The van der Waals surface area contributed by atoms with E-state index in [4.69, 9.17) is 5.11 Å². The van der Waals surface area contributed by atoms with E-state index in [0.717, 1.165) is 28.3 Å². The zero-order chi connectivity index (χ0) is 12.1. The number of hydrogen-bond acceptors (Lipinski definition) is 2. The molecule has 0 atom stereocenters. The quantitative estimate of drug-likeness (QED) is 0.864. The summed E-state index contributed by atoms with van der Waals surface area (Å²) in [4.78, 5) is 12.6. The fourth-order valence-electron chi connectivity index (χ4n) is 1.34. The van der Waals surface area contributed by atoms with Crippen LogP contribution in [0.3, 0.4) is 0 Å². The van der Waals surface area contributed by atoms with Crippen LogP contribution in [-0.4, -0.2) is 24.7 Å². The summed E-state index contributed by atoms with van der Waals surface area (Å²) in [6.45, 7) is 2.92. The van der Waals surface area contributed by atoms with Crippen molar-refractivity contribution in [2.75, 3.05) is 18.5 Å². The van der Waals surface area contributed by atoms with Crippen LogP contribution in [0.5, 0.6) is 0 Å². The Bertz CT molecular complexity index is 415. The lowest BCUT2D eigenvalue weighted by atomic mass is 10.1. The van der Waals surface area contributed by atoms with Crippen molar-refractivity contribution in [3.63, 3.8) is 0 Å². The first-order valence-electron chi connectivity index (χ1n) is 4.96. The minimum absolute atomic E-state index is 0.871. The number of hydrogen-bond donors (Lipinski definition) is 1. The van der Waals surface area contributed by atoms with Crippen LogP contribution >= 0.6 is 15.9 Å². The molecule has 0 fully saturated rings. The third-order valence-corrected chi connectivity index (χ3v) is 2.77. The summed E-state index contributed by atoms with van der Waals surface area (Å²) in [5.41, 5.74) is 1.91. The average molecular weight is 284 g/mol. The van der Waals surface area contributed by atoms with Crippen LogP contribution in [0, 0.1) is 0 Å². The maximum absolute atomic E-state index is 10.5. The predicted octanol–water partition coefficient (Wildman–Crippen LogP) is 3.00. The fourth-order valence-corrected chi connectivity index (χ4v) is 1.72. The number of nitrogens with zero attached hydrogens (tertiary/aromatic N) is 1. The summed E-state index contributed by atoms with van der Waals surface area (Å²) in [6.07, 6.45) is 2.75. The van der Waals surface area contributed by atoms with Crippen molar-refractivity contribution in [3.05, 3.63) is 34.3 Å². The minimum Gasteiger partial charge on any atom is -0.478 e. The SMILES string of the molecule is CCN(C)c1ccc(Br)cc1/C=C/C(=O)O. The molecule has 4 heteroatoms. The molecule has 0 heterocycles. The highest BCUT2D eigenvalue weighted by Gasteiger charge is 2.04. The van der Waals surface area contributed by atoms with Gasteiger partial charge < -0.3 is 10.0 Å². The molecule has 16 heavy (non-hydrogen) atoms. The summed E-state index contributed by atoms with van der Waals surface area (Å²) in [7, 11) is 1.97. The molecule has 0 amide bonds. The van der Waals surface area contributed by atoms with Crippen molar-refractivity contribution in [3.8, 4) is 0 Å². The Labute approximate surface area is 104 Å². The molecule has 0 spiro atoms. The van der Waals surface area contributed by atoms with Gasteiger partial charge in [0, 0.05) is 29.8 Å². The van der Waals surface area contributed by atoms with Gasteiger partial charge in [0.25, 0.3) is 0 Å². The molecule has 1 aromatic rings. The van der Waals surface area contributed by atoms with Gasteiger partial charge in [-0.3, -0.25) is 0 Å². The highest BCUT2D eigenvalue weighted by atomic mass is 79.9. The molecule has 1 N–H and O–H groups in total. The molecule has 86 valence electrons. The van der Waals surface area contributed by atoms with Crippen LogP contribution in [0.15, 0.2) is 28.7 Å². The van der Waals surface area contributed by atoms with Crippen molar-refractivity contribution in [2.45, 2.75) is 6.92 Å². The Balaban J connectivity index is 3.12. The van der Waals surface area contributed by atoms with E-state index in [9.17, 15) is 4.79 Å². The zero-order valence-corrected chi connectivity index (χ0v) is 10.9. The lowest BCUT2D eigenvalue weighted by Gasteiger charge is -2.19. The van der Waals surface area contributed by atoms with Gasteiger partial charge in [0.2, 0.25) is 0 Å². The molecular formula is C12H14BrNO2. The number of carbonyl (C=O) groups is 1. The van der Waals surface area contributed by atoms with E-state index in [0.29, 0.717) is 0 Å². The van der Waals surface area contributed by atoms with Crippen LogP contribution in [0.25, 0.3) is 6.08 Å². The van der Waals surface area contributed by atoms with Gasteiger partial charge in [0.1, 0.15) is 0 Å². The summed E-state index contributed by atoms with van der Waals surface area (Å²) >= 11 is 3.37. The maximum Gasteiger partial charge on any atom is 0.328 e. The van der Waals surface area contributed by atoms with Gasteiger partial charge in [-0.2, -0.15) is 0 Å². The highest BCUT2D eigenvalue weighted by molar-refractivity contribution is 9.10. The number of carboxylic acid groups (broad SMARTS) is 1. The van der Waals surface area contributed by atoms with E-state index < -0.39 is 5.97 Å². The second-order valence-electron chi connectivity index (χ2n) is 3.39. The Morgan fingerprint density at radius 3 is 2.81 bits per heavy atom. The van der Waals surface area contributed by atoms with E-state index in [2.05, 4.69) is 20.8 Å². The molecule has 3 nitrogen and oxygen atoms in total. The second kappa shape index (κ2) is 5.70. The summed E-state index contributed by atoms with van der Waals surface area (Å²) in [6, 6.07) is 5.82. The molecule has 1 aromatic carbocycles. The van der Waals surface area contributed by atoms with Gasteiger partial charge >= 0.3 is 5.97 Å². The fraction of sp³-hybridized carbons (Fsp3) is 0.250. The molecule has 0 radical (unpaired) electrons. The van der Waals surface area contributed by atoms with Crippen molar-refractivity contribution in [1.29, 1.82) is 0 Å². The van der Waals surface area contributed by atoms with Gasteiger partial charge in [-0.25, -0.2) is 4.79 Å². The maximum atomic E-state index is 10.5. The Morgan fingerprint density at radius 2 is 2.25 bits per heavy atom. The first-order valence-corrected chi connectivity index (χ1v) is 5.75. The molecule has 0 aromatic heterocycles.